The van der Waals surface area contributed by atoms with Crippen molar-refractivity contribution in [2.24, 2.45) is 16.7 Å². The van der Waals surface area contributed by atoms with Crippen LogP contribution in [0.15, 0.2) is 0 Å². The minimum Gasteiger partial charge on any atom is -0.396 e. The third-order valence-corrected chi connectivity index (χ3v) is 17.6. The van der Waals surface area contributed by atoms with Gasteiger partial charge < -0.3 is 119 Å². The molecule has 5 amide bonds. The molecule has 12 N–H and O–H groups in total. The Morgan fingerprint density at radius 1 is 0.490 bits per heavy atom. The van der Waals surface area contributed by atoms with Crippen molar-refractivity contribution in [1.29, 1.82) is 0 Å². The summed E-state index contributed by atoms with van der Waals surface area (Å²) in [5, 5.41) is 84.9. The number of rotatable bonds is 58. The highest BCUT2D eigenvalue weighted by atomic mass is 16.7. The smallest absolute Gasteiger partial charge is 0.222 e. The molecule has 1 aliphatic rings. The van der Waals surface area contributed by atoms with Gasteiger partial charge in [0.1, 0.15) is 18.2 Å². The van der Waals surface area contributed by atoms with Crippen LogP contribution in [0, 0.1) is 16.7 Å². The van der Waals surface area contributed by atoms with E-state index >= 15 is 0 Å². The van der Waals surface area contributed by atoms with Crippen molar-refractivity contribution in [3.63, 3.8) is 0 Å². The van der Waals surface area contributed by atoms with Crippen LogP contribution >= 0.6 is 0 Å². The van der Waals surface area contributed by atoms with Gasteiger partial charge in [0.2, 0.25) is 29.5 Å². The predicted molar refractivity (Wildman–Crippen MR) is 375 cm³/mol. The maximum Gasteiger partial charge on any atom is 0.222 e. The molecule has 10 atom stereocenters. The molecule has 0 bridgehead atoms. The van der Waals surface area contributed by atoms with Gasteiger partial charge in [0.05, 0.1) is 150 Å². The zero-order chi connectivity index (χ0) is 76.0. The molecule has 1 saturated carbocycles. The number of amides is 5. The fraction of sp³-hybridized carbons (Fsp3) is 0.930. The molecule has 1 fully saturated rings. The van der Waals surface area contributed by atoms with Crippen molar-refractivity contribution < 1.29 is 117 Å². The van der Waals surface area contributed by atoms with Gasteiger partial charge in [-0.05, 0) is 140 Å². The number of aliphatic hydroxyl groups excluding tert-OH is 6. The Hall–Kier alpha value is -3.41. The molecule has 0 aromatic rings. The first-order valence-corrected chi connectivity index (χ1v) is 35.8. The molecule has 0 spiro atoms. The van der Waals surface area contributed by atoms with Crippen LogP contribution in [-0.4, -0.2) is 286 Å². The molecule has 0 aromatic carbocycles. The molecule has 29 heteroatoms. The largest absolute Gasteiger partial charge is 0.396 e. The molecular formula is C71H137N5O24. The summed E-state index contributed by atoms with van der Waals surface area (Å²) >= 11 is 0. The summed E-state index contributed by atoms with van der Waals surface area (Å²) in [4.78, 5) is 62.7. The predicted octanol–water partition coefficient (Wildman–Crippen LogP) is 2.91. The van der Waals surface area contributed by atoms with Crippen LogP contribution in [0.4, 0.5) is 0 Å². The van der Waals surface area contributed by atoms with Crippen molar-refractivity contribution >= 4 is 29.5 Å². The van der Waals surface area contributed by atoms with Gasteiger partial charge in [-0.1, -0.05) is 20.8 Å². The van der Waals surface area contributed by atoms with E-state index in [1.807, 2.05) is 76.2 Å². The van der Waals surface area contributed by atoms with Gasteiger partial charge >= 0.3 is 0 Å². The molecule has 1 rings (SSSR count). The van der Waals surface area contributed by atoms with Crippen molar-refractivity contribution in [3.05, 3.63) is 0 Å². The van der Waals surface area contributed by atoms with E-state index in [4.69, 9.17) is 56.8 Å². The summed E-state index contributed by atoms with van der Waals surface area (Å²) in [5.74, 6) is -2.07. The highest BCUT2D eigenvalue weighted by molar-refractivity contribution is 5.76. The van der Waals surface area contributed by atoms with Crippen molar-refractivity contribution in [2.45, 2.75) is 271 Å². The molecule has 0 saturated heterocycles. The molecule has 0 heterocycles. The molecule has 29 nitrogen and oxygen atoms in total. The number of hydrogen-bond acceptors (Lipinski definition) is 24. The van der Waals surface area contributed by atoms with Crippen LogP contribution in [0.2, 0.25) is 0 Å². The number of carbonyl (C=O) groups excluding carboxylic acids is 5. The zero-order valence-electron chi connectivity index (χ0n) is 64.2. The van der Waals surface area contributed by atoms with E-state index < -0.39 is 118 Å². The van der Waals surface area contributed by atoms with Crippen molar-refractivity contribution in [2.75, 3.05) is 139 Å². The van der Waals surface area contributed by atoms with E-state index in [0.717, 1.165) is 0 Å². The van der Waals surface area contributed by atoms with E-state index in [1.165, 1.54) is 20.8 Å². The zero-order valence-corrected chi connectivity index (χ0v) is 64.2. The third kappa shape index (κ3) is 42.5. The molecule has 8 unspecified atom stereocenters. The quantitative estimate of drug-likeness (QED) is 0.0308. The molecule has 0 radical (unpaired) electrons. The van der Waals surface area contributed by atoms with Crippen molar-refractivity contribution in [1.82, 2.24) is 26.6 Å². The second-order valence-corrected chi connectivity index (χ2v) is 31.1. The molecule has 1 aliphatic carbocycles. The summed E-state index contributed by atoms with van der Waals surface area (Å²) in [5.41, 5.74) is -5.29. The first-order chi connectivity index (χ1) is 46.4. The molecular weight excluding hydrogens is 1310 g/mol. The van der Waals surface area contributed by atoms with E-state index in [9.17, 15) is 59.7 Å². The second-order valence-electron chi connectivity index (χ2n) is 31.1. The molecule has 590 valence electrons. The number of nitrogens with one attached hydrogen (secondary N) is 5. The molecule has 100 heavy (non-hydrogen) atoms. The lowest BCUT2D eigenvalue weighted by molar-refractivity contribution is -0.254. The van der Waals surface area contributed by atoms with Crippen LogP contribution in [0.5, 0.6) is 0 Å². The van der Waals surface area contributed by atoms with Gasteiger partial charge in [-0.3, -0.25) is 24.0 Å². The summed E-state index contributed by atoms with van der Waals surface area (Å²) in [6, 6.07) is -1.82. The monoisotopic (exact) mass is 1440 g/mol. The van der Waals surface area contributed by atoms with Gasteiger partial charge in [0.25, 0.3) is 0 Å². The van der Waals surface area contributed by atoms with E-state index in [1.54, 1.807) is 27.7 Å². The van der Waals surface area contributed by atoms with Crippen LogP contribution in [0.1, 0.15) is 189 Å². The minimum absolute atomic E-state index is 0.0641. The summed E-state index contributed by atoms with van der Waals surface area (Å²) < 4.78 is 72.9. The Morgan fingerprint density at radius 2 is 0.890 bits per heavy atom. The van der Waals surface area contributed by atoms with Gasteiger partial charge in [-0.2, -0.15) is 0 Å². The van der Waals surface area contributed by atoms with Crippen molar-refractivity contribution in [3.8, 4) is 0 Å². The molecule has 0 aliphatic heterocycles. The van der Waals surface area contributed by atoms with E-state index in [0.29, 0.717) is 84.7 Å². The summed E-state index contributed by atoms with van der Waals surface area (Å²) in [7, 11) is 0. The number of ether oxygens (including phenoxy) is 12. The van der Waals surface area contributed by atoms with Crippen LogP contribution in [0.25, 0.3) is 0 Å². The average Bonchev–Trinajstić information content (AvgIpc) is 0.838. The Balaban J connectivity index is 2.77. The minimum atomic E-state index is -1.31. The topological polar surface area (TPSA) is 398 Å². The first kappa shape index (κ1) is 94.6. The number of carbonyl (C=O) groups is 5. The highest BCUT2D eigenvalue weighted by Crippen LogP contribution is 2.40. The summed E-state index contributed by atoms with van der Waals surface area (Å²) in [6.07, 6.45) is -2.85. The lowest BCUT2D eigenvalue weighted by Crippen LogP contribution is -2.62. The summed E-state index contributed by atoms with van der Waals surface area (Å²) in [6.45, 7) is 35.9. The first-order valence-electron chi connectivity index (χ1n) is 35.8. The third-order valence-electron chi connectivity index (χ3n) is 17.6. The number of hydrogen-bond donors (Lipinski definition) is 12. The second kappa shape index (κ2) is 47.2. The van der Waals surface area contributed by atoms with Crippen LogP contribution < -0.4 is 26.6 Å². The molecule has 0 aromatic heterocycles. The van der Waals surface area contributed by atoms with Crippen LogP contribution in [0.3, 0.4) is 0 Å². The standard InChI is InChI=1S/C71H137N5O24/c1-50(80)56(46-79)98-63(54(45-78)75-51(2)81)100-70(17,18)27-39-97-68(13,14)25-36-91-42-30-74-59(85)21-33-94-49-71(64(4,5)6,47-92-31-19-57(83)72-28-40-89-34-23-66(9,10)95-37-22-65(7,8)88)48-93-32-20-58(84)73-29-41-90-35-24-67(11,12)96-38-26-69(15,16)99-55-43-53(44-77)61(86)62(87)60(55)76-52(3)82/h50,53-56,60-63,77-80,86-88H,19-49H2,1-18H3,(H,72,83)(H,73,84)(H,74,85)(H,75,81)(H,76,82)/t50-,53?,54+,55?,56?,60?,61?,62?,63?,71?/m1/s1. The maximum atomic E-state index is 13.0. The fourth-order valence-corrected chi connectivity index (χ4v) is 10.3. The van der Waals surface area contributed by atoms with E-state index in [2.05, 4.69) is 26.6 Å². The Labute approximate surface area is 597 Å². The average molecular weight is 1440 g/mol. The normalized spacial score (nSPS) is 19.3. The van der Waals surface area contributed by atoms with Gasteiger partial charge in [0, 0.05) is 90.5 Å². The lowest BCUT2D eigenvalue weighted by atomic mass is 9.68. The van der Waals surface area contributed by atoms with Gasteiger partial charge in [-0.15, -0.1) is 0 Å². The van der Waals surface area contributed by atoms with Gasteiger partial charge in [0.15, 0.2) is 6.29 Å². The SMILES string of the molecule is CC(=O)NC1C(OC(C)(C)CCOC(C)(C)CCOCCNC(=O)CCOCC(COCCC(=O)NCCOCCC(C)(C)OCCC(C)(C)O)(COCCC(=O)NCCOCCC(C)(C)OCCC(C)(C)OC(OC(CO)[C@@H](C)O)[C@H](CO)NC(C)=O)C(C)(C)C)CC(CO)C(O)C1O. The highest BCUT2D eigenvalue weighted by Gasteiger charge is 2.47. The van der Waals surface area contributed by atoms with E-state index in [-0.39, 0.29) is 128 Å². The maximum absolute atomic E-state index is 13.0. The fourth-order valence-electron chi connectivity index (χ4n) is 10.3. The Kier molecular flexibility index (Phi) is 44.7. The van der Waals surface area contributed by atoms with Gasteiger partial charge in [-0.25, -0.2) is 0 Å². The lowest BCUT2D eigenvalue weighted by Gasteiger charge is -2.45. The Bertz CT molecular complexity index is 2270. The Morgan fingerprint density at radius 3 is 1.24 bits per heavy atom. The number of aliphatic hydroxyl groups is 7. The van der Waals surface area contributed by atoms with Crippen LogP contribution in [-0.2, 0) is 80.8 Å².